The highest BCUT2D eigenvalue weighted by Gasteiger charge is 2.40. The third-order valence-electron chi connectivity index (χ3n) is 9.44. The summed E-state index contributed by atoms with van der Waals surface area (Å²) in [5, 5.41) is 20.3. The topological polar surface area (TPSA) is 185 Å². The van der Waals surface area contributed by atoms with E-state index in [9.17, 15) is 19.8 Å². The maximum atomic E-state index is 13.1. The lowest BCUT2D eigenvalue weighted by molar-refractivity contribution is 0.0823. The van der Waals surface area contributed by atoms with Crippen LogP contribution in [0.4, 0.5) is 0 Å². The number of benzene rings is 4. The first-order chi connectivity index (χ1) is 27.4. The zero-order valence-corrected chi connectivity index (χ0v) is 33.6. The predicted octanol–water partition coefficient (Wildman–Crippen LogP) is 6.59. The van der Waals surface area contributed by atoms with E-state index in [4.69, 9.17) is 56.8 Å². The Morgan fingerprint density at radius 2 is 0.860 bits per heavy atom. The van der Waals surface area contributed by atoms with Crippen LogP contribution in [0, 0.1) is 6.92 Å². The van der Waals surface area contributed by atoms with Crippen molar-refractivity contribution in [2.45, 2.75) is 32.0 Å². The molecule has 16 nitrogen and oxygen atoms in total. The van der Waals surface area contributed by atoms with Crippen LogP contribution in [0.15, 0.2) is 30.3 Å². The molecule has 57 heavy (non-hydrogen) atoms. The van der Waals surface area contributed by atoms with Gasteiger partial charge in [-0.05, 0) is 47.9 Å². The normalized spacial score (nSPS) is 15.3. The minimum absolute atomic E-state index is 0.0267. The number of Topliss-reactive ketones (excluding diaryl/α,β-unsaturated/α-hetero) is 2. The van der Waals surface area contributed by atoms with Gasteiger partial charge in [0.05, 0.1) is 83.9 Å². The maximum Gasteiger partial charge on any atom is 0.211 e. The second-order valence-corrected chi connectivity index (χ2v) is 12.5. The first-order valence-electron chi connectivity index (χ1n) is 17.4. The molecule has 0 saturated heterocycles. The first kappa shape index (κ1) is 41.6. The van der Waals surface area contributed by atoms with Gasteiger partial charge in [-0.15, -0.1) is 0 Å². The zero-order valence-electron chi connectivity index (χ0n) is 33.6. The Bertz CT molecular complexity index is 2140. The van der Waals surface area contributed by atoms with Gasteiger partial charge < -0.3 is 67.1 Å². The largest absolute Gasteiger partial charge is 0.504 e. The molecule has 16 heteroatoms. The van der Waals surface area contributed by atoms with Gasteiger partial charge in [-0.2, -0.15) is 0 Å². The second kappa shape index (κ2) is 17.5. The summed E-state index contributed by atoms with van der Waals surface area (Å²) >= 11 is 0. The van der Waals surface area contributed by atoms with E-state index in [-0.39, 0.29) is 105 Å². The van der Waals surface area contributed by atoms with E-state index >= 15 is 0 Å². The SMILES string of the molecule is COc1c(C)cc(C2CC(=O)c3c(OC)c(OC)c(OC)c(OC)c3O2)cc1O.COc1ccc(C2CC(=O)c3c(OC)c(OC)c(OC)c(OC)c3O2)cc1O. The highest BCUT2D eigenvalue weighted by atomic mass is 16.6. The molecule has 0 fully saturated rings. The van der Waals surface area contributed by atoms with Crippen molar-refractivity contribution in [3.63, 3.8) is 0 Å². The lowest BCUT2D eigenvalue weighted by atomic mass is 9.93. The Hall–Kier alpha value is -6.58. The third kappa shape index (κ3) is 7.42. The minimum atomic E-state index is -0.637. The summed E-state index contributed by atoms with van der Waals surface area (Å²) in [5.41, 5.74) is 2.43. The van der Waals surface area contributed by atoms with Crippen molar-refractivity contribution in [2.75, 3.05) is 71.1 Å². The van der Waals surface area contributed by atoms with Gasteiger partial charge in [0.2, 0.25) is 34.5 Å². The Morgan fingerprint density at radius 3 is 1.23 bits per heavy atom. The molecule has 0 saturated carbocycles. The fourth-order valence-corrected chi connectivity index (χ4v) is 6.93. The van der Waals surface area contributed by atoms with Crippen molar-refractivity contribution in [1.82, 2.24) is 0 Å². The van der Waals surface area contributed by atoms with E-state index in [1.807, 2.05) is 6.07 Å². The quantitative estimate of drug-likeness (QED) is 0.156. The number of rotatable bonds is 12. The van der Waals surface area contributed by atoms with E-state index < -0.39 is 12.2 Å². The molecule has 0 spiro atoms. The van der Waals surface area contributed by atoms with Crippen LogP contribution in [0.2, 0.25) is 0 Å². The lowest BCUT2D eigenvalue weighted by Gasteiger charge is -2.30. The standard InChI is InChI=1S/C21H24O8.C20H22O8/c1-10-7-11(8-13(23)16(10)24-2)14-9-12(22)15-17(25-3)19(26-4)21(28-6)20(27-5)18(15)29-14;1-23-13-7-6-10(8-11(13)21)14-9-12(22)15-16(24-2)18(25-3)20(27-5)19(26-4)17(15)28-14/h7-8,14,23H,9H2,1-6H3;6-8,14,21H,9H2,1-5H3. The molecule has 0 bridgehead atoms. The van der Waals surface area contributed by atoms with Gasteiger partial charge >= 0.3 is 0 Å². The van der Waals surface area contributed by atoms with Gasteiger partial charge in [0.1, 0.15) is 23.3 Å². The average Bonchev–Trinajstić information content (AvgIpc) is 3.21. The molecule has 0 aromatic heterocycles. The van der Waals surface area contributed by atoms with Crippen LogP contribution >= 0.6 is 0 Å². The number of phenolic OH excluding ortho intramolecular Hbond substituents is 2. The lowest BCUT2D eigenvalue weighted by Crippen LogP contribution is -2.22. The first-order valence-corrected chi connectivity index (χ1v) is 17.4. The summed E-state index contributed by atoms with van der Waals surface area (Å²) in [6.07, 6.45) is -1.17. The molecule has 2 aliphatic heterocycles. The Kier molecular flexibility index (Phi) is 12.7. The minimum Gasteiger partial charge on any atom is -0.504 e. The van der Waals surface area contributed by atoms with Crippen molar-refractivity contribution < 1.29 is 76.6 Å². The number of ketones is 2. The zero-order chi connectivity index (χ0) is 41.7. The van der Waals surface area contributed by atoms with Crippen molar-refractivity contribution in [1.29, 1.82) is 0 Å². The van der Waals surface area contributed by atoms with Crippen molar-refractivity contribution in [3.8, 4) is 80.5 Å². The van der Waals surface area contributed by atoms with Gasteiger partial charge in [0.15, 0.2) is 57.6 Å². The molecule has 2 atom stereocenters. The fraction of sp³-hybridized carbons (Fsp3) is 0.366. The van der Waals surface area contributed by atoms with Crippen LogP contribution < -0.4 is 56.8 Å². The summed E-state index contributed by atoms with van der Waals surface area (Å²) in [6, 6.07) is 8.18. The molecule has 2 heterocycles. The monoisotopic (exact) mass is 794 g/mol. The van der Waals surface area contributed by atoms with E-state index in [0.29, 0.717) is 22.6 Å². The third-order valence-corrected chi connectivity index (χ3v) is 9.44. The van der Waals surface area contributed by atoms with Crippen LogP contribution in [0.5, 0.6) is 80.5 Å². The highest BCUT2D eigenvalue weighted by Crippen LogP contribution is 2.58. The molecule has 306 valence electrons. The Balaban J connectivity index is 0.000000218. The summed E-state index contributed by atoms with van der Waals surface area (Å²) in [7, 11) is 14.5. The number of ether oxygens (including phenoxy) is 12. The molecule has 0 aliphatic carbocycles. The number of carbonyl (C=O) groups is 2. The molecule has 6 rings (SSSR count). The van der Waals surface area contributed by atoms with Crippen LogP contribution in [-0.2, 0) is 0 Å². The van der Waals surface area contributed by atoms with Crippen LogP contribution in [0.25, 0.3) is 0 Å². The van der Waals surface area contributed by atoms with Crippen molar-refractivity contribution >= 4 is 11.6 Å². The average molecular weight is 795 g/mol. The number of methoxy groups -OCH3 is 10. The summed E-state index contributed by atoms with van der Waals surface area (Å²) in [4.78, 5) is 26.1. The van der Waals surface area contributed by atoms with Gasteiger partial charge in [0.25, 0.3) is 0 Å². The van der Waals surface area contributed by atoms with Crippen LogP contribution in [-0.4, -0.2) is 92.9 Å². The molecule has 2 unspecified atom stereocenters. The Morgan fingerprint density at radius 1 is 0.474 bits per heavy atom. The second-order valence-electron chi connectivity index (χ2n) is 12.5. The molecule has 0 radical (unpaired) electrons. The summed E-state index contributed by atoms with van der Waals surface area (Å²) in [6.45, 7) is 1.80. The molecule has 2 aliphatic rings. The highest BCUT2D eigenvalue weighted by molar-refractivity contribution is 6.06. The van der Waals surface area contributed by atoms with Crippen molar-refractivity contribution in [2.24, 2.45) is 0 Å². The van der Waals surface area contributed by atoms with E-state index in [1.165, 1.54) is 83.2 Å². The van der Waals surface area contributed by atoms with Gasteiger partial charge in [-0.25, -0.2) is 0 Å². The summed E-state index contributed by atoms with van der Waals surface area (Å²) in [5.74, 6) is 2.53. The van der Waals surface area contributed by atoms with Gasteiger partial charge in [0, 0.05) is 0 Å². The van der Waals surface area contributed by atoms with Crippen LogP contribution in [0.1, 0.15) is 62.5 Å². The van der Waals surface area contributed by atoms with E-state index in [2.05, 4.69) is 0 Å². The molecule has 4 aromatic rings. The van der Waals surface area contributed by atoms with E-state index in [1.54, 1.807) is 19.1 Å². The number of fused-ring (bicyclic) bond motifs is 2. The molecule has 0 amide bonds. The Labute approximate surface area is 329 Å². The van der Waals surface area contributed by atoms with Gasteiger partial charge in [-0.1, -0.05) is 6.07 Å². The molecular weight excluding hydrogens is 748 g/mol. The van der Waals surface area contributed by atoms with E-state index in [0.717, 1.165) is 5.56 Å². The fourth-order valence-electron chi connectivity index (χ4n) is 6.93. The number of hydrogen-bond donors (Lipinski definition) is 2. The maximum absolute atomic E-state index is 13.1. The van der Waals surface area contributed by atoms with Crippen LogP contribution in [0.3, 0.4) is 0 Å². The summed E-state index contributed by atoms with van der Waals surface area (Å²) < 4.78 is 66.0. The number of aryl methyl sites for hydroxylation is 1. The number of hydrogen-bond acceptors (Lipinski definition) is 16. The smallest absolute Gasteiger partial charge is 0.211 e. The molecular formula is C41H46O16. The van der Waals surface area contributed by atoms with Gasteiger partial charge in [-0.3, -0.25) is 9.59 Å². The predicted molar refractivity (Wildman–Crippen MR) is 204 cm³/mol. The molecule has 4 aromatic carbocycles. The number of phenols is 2. The number of carbonyl (C=O) groups excluding carboxylic acids is 2. The molecule has 2 N–H and O–H groups in total. The van der Waals surface area contributed by atoms with Crippen molar-refractivity contribution in [3.05, 3.63) is 58.1 Å². The number of aromatic hydroxyl groups is 2.